The number of hydrogen-bond donors (Lipinski definition) is 0. The van der Waals surface area contributed by atoms with Crippen LogP contribution in [0.3, 0.4) is 0 Å². The summed E-state index contributed by atoms with van der Waals surface area (Å²) in [6.45, 7) is 0. The Hall–Kier alpha value is -4.33. The van der Waals surface area contributed by atoms with Gasteiger partial charge in [-0.3, -0.25) is 0 Å². The zero-order valence-corrected chi connectivity index (χ0v) is 20.2. The van der Waals surface area contributed by atoms with Crippen molar-refractivity contribution >= 4 is 44.3 Å². The second kappa shape index (κ2) is 8.41. The molecule has 0 bridgehead atoms. The van der Waals surface area contributed by atoms with Crippen LogP contribution in [0.4, 0.5) is 0 Å². The fraction of sp³-hybridized carbons (Fsp3) is 0. The lowest BCUT2D eigenvalue weighted by Gasteiger charge is -2.12. The first-order valence-electron chi connectivity index (χ1n) is 12.0. The van der Waals surface area contributed by atoms with E-state index in [9.17, 15) is 0 Å². The van der Waals surface area contributed by atoms with Crippen LogP contribution >= 0.6 is 11.6 Å². The molecule has 0 aliphatic heterocycles. The molecule has 0 unspecified atom stereocenters. The van der Waals surface area contributed by atoms with Crippen molar-refractivity contribution in [2.24, 2.45) is 0 Å². The van der Waals surface area contributed by atoms with Crippen LogP contribution in [-0.4, -0.2) is 0 Å². The third-order valence-electron chi connectivity index (χ3n) is 6.92. The van der Waals surface area contributed by atoms with Gasteiger partial charge in [-0.2, -0.15) is 0 Å². The van der Waals surface area contributed by atoms with E-state index in [1.54, 1.807) is 0 Å². The third-order valence-corrected chi connectivity index (χ3v) is 7.23. The lowest BCUT2D eigenvalue weighted by Crippen LogP contribution is -1.87. The quantitative estimate of drug-likeness (QED) is 0.245. The standard InChI is InChI=1S/C34H21ClO/c35-31-18-17-29(34-32(31)30-16-15-24-13-7-8-14-28(24)33(30)36-34)27-20-25(22-9-3-1-4-10-22)19-26(21-27)23-11-5-2-6-12-23/h1-21H. The smallest absolute Gasteiger partial charge is 0.144 e. The van der Waals surface area contributed by atoms with Crippen molar-refractivity contribution in [3.05, 3.63) is 132 Å². The highest BCUT2D eigenvalue weighted by molar-refractivity contribution is 6.39. The van der Waals surface area contributed by atoms with E-state index in [0.717, 1.165) is 55.0 Å². The first-order chi connectivity index (χ1) is 17.8. The summed E-state index contributed by atoms with van der Waals surface area (Å²) in [7, 11) is 0. The predicted octanol–water partition coefficient (Wildman–Crippen LogP) is 10.4. The Morgan fingerprint density at radius 2 is 1.06 bits per heavy atom. The molecule has 0 aliphatic carbocycles. The lowest BCUT2D eigenvalue weighted by atomic mass is 9.92. The molecule has 0 saturated heterocycles. The molecule has 0 aliphatic rings. The van der Waals surface area contributed by atoms with Gasteiger partial charge in [-0.1, -0.05) is 103 Å². The van der Waals surface area contributed by atoms with Crippen molar-refractivity contribution in [1.82, 2.24) is 0 Å². The van der Waals surface area contributed by atoms with Gasteiger partial charge in [0.15, 0.2) is 0 Å². The van der Waals surface area contributed by atoms with E-state index in [0.29, 0.717) is 5.02 Å². The second-order valence-electron chi connectivity index (χ2n) is 9.10. The minimum Gasteiger partial charge on any atom is -0.455 e. The van der Waals surface area contributed by atoms with Gasteiger partial charge in [-0.15, -0.1) is 0 Å². The Balaban J connectivity index is 1.54. The van der Waals surface area contributed by atoms with Crippen LogP contribution in [-0.2, 0) is 0 Å². The third kappa shape index (κ3) is 3.40. The van der Waals surface area contributed by atoms with Crippen LogP contribution in [0.15, 0.2) is 132 Å². The van der Waals surface area contributed by atoms with Crippen LogP contribution in [0.1, 0.15) is 0 Å². The van der Waals surface area contributed by atoms with Gasteiger partial charge in [-0.05, 0) is 69.6 Å². The summed E-state index contributed by atoms with van der Waals surface area (Å²) in [6, 6.07) is 44.4. The molecule has 170 valence electrons. The fourth-order valence-electron chi connectivity index (χ4n) is 5.17. The highest BCUT2D eigenvalue weighted by Gasteiger charge is 2.18. The van der Waals surface area contributed by atoms with E-state index in [1.807, 2.05) is 24.3 Å². The second-order valence-corrected chi connectivity index (χ2v) is 9.50. The lowest BCUT2D eigenvalue weighted by molar-refractivity contribution is 0.674. The number of benzene rings is 6. The summed E-state index contributed by atoms with van der Waals surface area (Å²) in [5.41, 5.74) is 8.51. The number of rotatable bonds is 3. The van der Waals surface area contributed by atoms with E-state index in [-0.39, 0.29) is 0 Å². The van der Waals surface area contributed by atoms with Gasteiger partial charge in [-0.25, -0.2) is 0 Å². The highest BCUT2D eigenvalue weighted by Crippen LogP contribution is 2.43. The molecule has 0 saturated carbocycles. The number of furan rings is 1. The summed E-state index contributed by atoms with van der Waals surface area (Å²) in [4.78, 5) is 0. The Bertz CT molecular complexity index is 1820. The minimum absolute atomic E-state index is 0.699. The number of hydrogen-bond acceptors (Lipinski definition) is 1. The topological polar surface area (TPSA) is 13.1 Å². The fourth-order valence-corrected chi connectivity index (χ4v) is 5.42. The van der Waals surface area contributed by atoms with Crippen molar-refractivity contribution < 1.29 is 4.42 Å². The molecule has 6 aromatic carbocycles. The summed E-state index contributed by atoms with van der Waals surface area (Å²) >= 11 is 6.78. The molecule has 36 heavy (non-hydrogen) atoms. The highest BCUT2D eigenvalue weighted by atomic mass is 35.5. The molecular weight excluding hydrogens is 460 g/mol. The zero-order valence-electron chi connectivity index (χ0n) is 19.4. The minimum atomic E-state index is 0.699. The average Bonchev–Trinajstić information content (AvgIpc) is 3.35. The van der Waals surface area contributed by atoms with Crippen LogP contribution in [0.25, 0.3) is 66.1 Å². The number of halogens is 1. The van der Waals surface area contributed by atoms with Gasteiger partial charge in [0.25, 0.3) is 0 Å². The van der Waals surface area contributed by atoms with E-state index in [1.165, 1.54) is 11.1 Å². The maximum atomic E-state index is 6.78. The maximum absolute atomic E-state index is 6.78. The van der Waals surface area contributed by atoms with Gasteiger partial charge >= 0.3 is 0 Å². The molecule has 2 heteroatoms. The summed E-state index contributed by atoms with van der Waals surface area (Å²) in [5, 5.41) is 4.94. The van der Waals surface area contributed by atoms with Crippen molar-refractivity contribution in [2.75, 3.05) is 0 Å². The molecule has 0 amide bonds. The van der Waals surface area contributed by atoms with Gasteiger partial charge in [0.1, 0.15) is 11.2 Å². The van der Waals surface area contributed by atoms with Crippen molar-refractivity contribution in [3.8, 4) is 33.4 Å². The van der Waals surface area contributed by atoms with Crippen molar-refractivity contribution in [3.63, 3.8) is 0 Å². The molecule has 1 nitrogen and oxygen atoms in total. The molecular formula is C34H21ClO. The first kappa shape index (κ1) is 21.0. The molecule has 0 fully saturated rings. The summed E-state index contributed by atoms with van der Waals surface area (Å²) in [6.07, 6.45) is 0. The maximum Gasteiger partial charge on any atom is 0.144 e. The van der Waals surface area contributed by atoms with Crippen molar-refractivity contribution in [1.29, 1.82) is 0 Å². The van der Waals surface area contributed by atoms with Crippen LogP contribution in [0.2, 0.25) is 5.02 Å². The Kier molecular flexibility index (Phi) is 4.90. The average molecular weight is 481 g/mol. The van der Waals surface area contributed by atoms with Crippen LogP contribution in [0.5, 0.6) is 0 Å². The number of fused-ring (bicyclic) bond motifs is 5. The van der Waals surface area contributed by atoms with Gasteiger partial charge in [0.05, 0.1) is 5.02 Å². The SMILES string of the molecule is Clc1ccc(-c2cc(-c3ccccc3)cc(-c3ccccc3)c2)c2oc3c4ccccc4ccc3c12. The van der Waals surface area contributed by atoms with E-state index in [2.05, 4.69) is 103 Å². The van der Waals surface area contributed by atoms with Crippen LogP contribution < -0.4 is 0 Å². The Labute approximate surface area is 214 Å². The molecule has 0 N–H and O–H groups in total. The molecule has 0 radical (unpaired) electrons. The van der Waals surface area contributed by atoms with Gasteiger partial charge in [0.2, 0.25) is 0 Å². The normalized spacial score (nSPS) is 11.5. The van der Waals surface area contributed by atoms with Crippen molar-refractivity contribution in [2.45, 2.75) is 0 Å². The molecule has 1 heterocycles. The summed E-state index contributed by atoms with van der Waals surface area (Å²) in [5.74, 6) is 0. The summed E-state index contributed by atoms with van der Waals surface area (Å²) < 4.78 is 6.64. The van der Waals surface area contributed by atoms with Crippen LogP contribution in [0, 0.1) is 0 Å². The first-order valence-corrected chi connectivity index (χ1v) is 12.4. The molecule has 7 aromatic rings. The van der Waals surface area contributed by atoms with E-state index < -0.39 is 0 Å². The Morgan fingerprint density at radius 1 is 0.444 bits per heavy atom. The monoisotopic (exact) mass is 480 g/mol. The zero-order chi connectivity index (χ0) is 24.1. The largest absolute Gasteiger partial charge is 0.455 e. The molecule has 0 atom stereocenters. The molecule has 0 spiro atoms. The van der Waals surface area contributed by atoms with Gasteiger partial charge in [0, 0.05) is 21.7 Å². The van der Waals surface area contributed by atoms with E-state index in [4.69, 9.17) is 16.0 Å². The molecule has 1 aromatic heterocycles. The van der Waals surface area contributed by atoms with E-state index >= 15 is 0 Å². The Morgan fingerprint density at radius 3 is 1.75 bits per heavy atom. The molecule has 7 rings (SSSR count). The van der Waals surface area contributed by atoms with Gasteiger partial charge < -0.3 is 4.42 Å². The predicted molar refractivity (Wildman–Crippen MR) is 153 cm³/mol.